The molecule has 0 aromatic heterocycles. The lowest BCUT2D eigenvalue weighted by Gasteiger charge is -2.45. The van der Waals surface area contributed by atoms with Crippen LogP contribution in [0.25, 0.3) is 0 Å². The summed E-state index contributed by atoms with van der Waals surface area (Å²) < 4.78 is 40.0. The van der Waals surface area contributed by atoms with Gasteiger partial charge in [-0.15, -0.1) is 3.89 Å². The normalized spacial score (nSPS) is 37.5. The first-order valence-electron chi connectivity index (χ1n) is 6.27. The summed E-state index contributed by atoms with van der Waals surface area (Å²) >= 11 is 0. The van der Waals surface area contributed by atoms with Crippen LogP contribution < -0.4 is 0 Å². The maximum Gasteiger partial charge on any atom is 0.304 e. The molecule has 0 radical (unpaired) electrons. The molecule has 2 fully saturated rings. The third-order valence-electron chi connectivity index (χ3n) is 4.31. The van der Waals surface area contributed by atoms with Gasteiger partial charge in [-0.05, 0) is 31.1 Å². The molecule has 2 rings (SSSR count). The summed E-state index contributed by atoms with van der Waals surface area (Å²) in [6, 6.07) is 0. The molecule has 1 aliphatic heterocycles. The van der Waals surface area contributed by atoms with E-state index in [2.05, 4.69) is 13.8 Å². The summed E-state index contributed by atoms with van der Waals surface area (Å²) in [5, 5.41) is 0. The summed E-state index contributed by atoms with van der Waals surface area (Å²) in [5.41, 5.74) is 0.102. The maximum absolute atomic E-state index is 12.9. The van der Waals surface area contributed by atoms with Gasteiger partial charge >= 0.3 is 10.2 Å². The molecule has 100 valence electrons. The van der Waals surface area contributed by atoms with Gasteiger partial charge in [0, 0.05) is 12.0 Å². The molecule has 1 spiro atoms. The van der Waals surface area contributed by atoms with Crippen molar-refractivity contribution in [2.75, 3.05) is 12.4 Å². The minimum absolute atomic E-state index is 0.110. The molecule has 1 aliphatic carbocycles. The van der Waals surface area contributed by atoms with Gasteiger partial charge in [-0.25, -0.2) is 0 Å². The van der Waals surface area contributed by atoms with Crippen molar-refractivity contribution in [1.29, 1.82) is 0 Å². The van der Waals surface area contributed by atoms with E-state index in [1.807, 2.05) is 0 Å². The van der Waals surface area contributed by atoms with Crippen molar-refractivity contribution in [3.05, 3.63) is 0 Å². The Morgan fingerprint density at radius 2 is 2.00 bits per heavy atom. The molecule has 0 aromatic carbocycles. The summed E-state index contributed by atoms with van der Waals surface area (Å²) in [4.78, 5) is 0. The van der Waals surface area contributed by atoms with E-state index in [9.17, 15) is 12.3 Å². The number of hydrogen-bond donors (Lipinski definition) is 0. The first-order chi connectivity index (χ1) is 7.73. The summed E-state index contributed by atoms with van der Waals surface area (Å²) in [6.45, 7) is 4.97. The molecule has 0 aromatic rings. The fraction of sp³-hybridized carbons (Fsp3) is 1.00. The molecule has 17 heavy (non-hydrogen) atoms. The van der Waals surface area contributed by atoms with E-state index < -0.39 is 22.1 Å². The third-order valence-corrected chi connectivity index (χ3v) is 5.01. The Bertz CT molecular complexity index is 391. The van der Waals surface area contributed by atoms with Crippen molar-refractivity contribution in [3.8, 4) is 0 Å². The lowest BCUT2D eigenvalue weighted by Crippen LogP contribution is -2.42. The summed E-state index contributed by atoms with van der Waals surface area (Å²) in [6.07, 6.45) is 4.58. The molecule has 2 atom stereocenters. The quantitative estimate of drug-likeness (QED) is 0.720. The van der Waals surface area contributed by atoms with Crippen LogP contribution in [0.5, 0.6) is 0 Å². The van der Waals surface area contributed by atoms with Gasteiger partial charge in [0.1, 0.15) is 5.75 Å². The Hall–Kier alpha value is -0.160. The van der Waals surface area contributed by atoms with E-state index >= 15 is 0 Å². The highest BCUT2D eigenvalue weighted by Crippen LogP contribution is 2.53. The molecule has 2 unspecified atom stereocenters. The average molecular weight is 264 g/mol. The Morgan fingerprint density at radius 1 is 1.29 bits per heavy atom. The highest BCUT2D eigenvalue weighted by atomic mass is 32.3. The SMILES string of the molecule is CC1(C)CCCC2(CCOC2CS(=O)(=O)F)C1. The number of ether oxygens (including phenoxy) is 1. The van der Waals surface area contributed by atoms with Crippen molar-refractivity contribution < 1.29 is 17.0 Å². The van der Waals surface area contributed by atoms with Crippen molar-refractivity contribution in [2.45, 2.75) is 52.1 Å². The van der Waals surface area contributed by atoms with Crippen LogP contribution in [0.1, 0.15) is 46.0 Å². The predicted molar refractivity (Wildman–Crippen MR) is 63.9 cm³/mol. The van der Waals surface area contributed by atoms with Gasteiger partial charge in [-0.2, -0.15) is 8.42 Å². The van der Waals surface area contributed by atoms with Gasteiger partial charge in [0.15, 0.2) is 0 Å². The van der Waals surface area contributed by atoms with Crippen LogP contribution in [0.3, 0.4) is 0 Å². The van der Waals surface area contributed by atoms with Gasteiger partial charge in [0.25, 0.3) is 0 Å². The van der Waals surface area contributed by atoms with Gasteiger partial charge < -0.3 is 4.74 Å². The summed E-state index contributed by atoms with van der Waals surface area (Å²) in [7, 11) is -4.45. The second-order valence-electron chi connectivity index (χ2n) is 6.37. The zero-order valence-electron chi connectivity index (χ0n) is 10.5. The van der Waals surface area contributed by atoms with E-state index in [0.29, 0.717) is 6.61 Å². The molecule has 0 amide bonds. The first kappa shape index (κ1) is 13.3. The monoisotopic (exact) mass is 264 g/mol. The number of rotatable bonds is 2. The zero-order valence-corrected chi connectivity index (χ0v) is 11.4. The molecule has 0 bridgehead atoms. The summed E-state index contributed by atoms with van der Waals surface area (Å²) in [5.74, 6) is -0.469. The first-order valence-corrected chi connectivity index (χ1v) is 7.82. The van der Waals surface area contributed by atoms with Crippen LogP contribution in [0, 0.1) is 10.8 Å². The molecule has 2 aliphatic rings. The van der Waals surface area contributed by atoms with Crippen molar-refractivity contribution >= 4 is 10.2 Å². The Labute approximate surface area is 103 Å². The smallest absolute Gasteiger partial charge is 0.304 e. The Balaban J connectivity index is 2.17. The van der Waals surface area contributed by atoms with Gasteiger partial charge in [0.2, 0.25) is 0 Å². The number of halogens is 1. The van der Waals surface area contributed by atoms with Gasteiger partial charge in [-0.3, -0.25) is 0 Å². The van der Waals surface area contributed by atoms with E-state index in [0.717, 1.165) is 32.1 Å². The zero-order chi connectivity index (χ0) is 12.7. The molecule has 1 heterocycles. The van der Waals surface area contributed by atoms with Crippen LogP contribution in [0.15, 0.2) is 0 Å². The fourth-order valence-electron chi connectivity index (χ4n) is 3.68. The van der Waals surface area contributed by atoms with Gasteiger partial charge in [-0.1, -0.05) is 20.3 Å². The number of hydrogen-bond acceptors (Lipinski definition) is 3. The van der Waals surface area contributed by atoms with Crippen molar-refractivity contribution in [2.24, 2.45) is 10.8 Å². The standard InChI is InChI=1S/C12H21FO3S/c1-11(2)4-3-5-12(9-11)6-7-16-10(12)8-17(13,14)15/h10H,3-9H2,1-2H3. The molecular weight excluding hydrogens is 243 g/mol. The largest absolute Gasteiger partial charge is 0.376 e. The van der Waals surface area contributed by atoms with Crippen LogP contribution in [0.2, 0.25) is 0 Å². The van der Waals surface area contributed by atoms with Crippen LogP contribution in [0.4, 0.5) is 3.89 Å². The van der Waals surface area contributed by atoms with Gasteiger partial charge in [0.05, 0.1) is 6.10 Å². The second-order valence-corrected chi connectivity index (χ2v) is 7.78. The molecule has 1 saturated heterocycles. The molecule has 1 saturated carbocycles. The van der Waals surface area contributed by atoms with E-state index in [1.54, 1.807) is 0 Å². The lowest BCUT2D eigenvalue weighted by molar-refractivity contribution is 0.00755. The minimum atomic E-state index is -4.45. The minimum Gasteiger partial charge on any atom is -0.376 e. The van der Waals surface area contributed by atoms with Crippen LogP contribution in [-0.2, 0) is 15.0 Å². The highest BCUT2D eigenvalue weighted by Gasteiger charge is 2.50. The molecule has 3 nitrogen and oxygen atoms in total. The molecule has 0 N–H and O–H groups in total. The predicted octanol–water partition coefficient (Wildman–Crippen LogP) is 2.66. The maximum atomic E-state index is 12.9. The Kier molecular flexibility index (Phi) is 3.28. The fourth-order valence-corrected chi connectivity index (χ4v) is 4.50. The molecule has 5 heteroatoms. The second kappa shape index (κ2) is 4.19. The van der Waals surface area contributed by atoms with Crippen LogP contribution in [-0.4, -0.2) is 26.9 Å². The van der Waals surface area contributed by atoms with E-state index in [-0.39, 0.29) is 10.8 Å². The third kappa shape index (κ3) is 2.99. The van der Waals surface area contributed by atoms with Crippen molar-refractivity contribution in [3.63, 3.8) is 0 Å². The lowest BCUT2D eigenvalue weighted by atomic mass is 9.61. The highest BCUT2D eigenvalue weighted by molar-refractivity contribution is 7.86. The van der Waals surface area contributed by atoms with E-state index in [1.165, 1.54) is 0 Å². The average Bonchev–Trinajstić information content (AvgIpc) is 2.44. The van der Waals surface area contributed by atoms with E-state index in [4.69, 9.17) is 4.74 Å². The van der Waals surface area contributed by atoms with Crippen molar-refractivity contribution in [1.82, 2.24) is 0 Å². The topological polar surface area (TPSA) is 43.4 Å². The van der Waals surface area contributed by atoms with Crippen LogP contribution >= 0.6 is 0 Å². The Morgan fingerprint density at radius 3 is 2.59 bits per heavy atom. The molecular formula is C12H21FO3S.